The number of hydrogen-bond acceptors (Lipinski definition) is 4. The highest BCUT2D eigenvalue weighted by Crippen LogP contribution is 2.29. The molecular weight excluding hydrogens is 282 g/mol. The summed E-state index contributed by atoms with van der Waals surface area (Å²) in [5.74, 6) is 1.10. The third-order valence-corrected chi connectivity index (χ3v) is 3.81. The molecule has 1 heterocycles. The molecule has 0 aliphatic carbocycles. The van der Waals surface area contributed by atoms with Crippen molar-refractivity contribution in [1.29, 1.82) is 0 Å². The largest absolute Gasteiger partial charge is 0.497 e. The number of hydrogen-bond donors (Lipinski definition) is 2. The van der Waals surface area contributed by atoms with Crippen molar-refractivity contribution in [1.82, 2.24) is 5.32 Å². The summed E-state index contributed by atoms with van der Waals surface area (Å²) in [4.78, 5) is 12.5. The fraction of sp³-hybridized carbons (Fsp3) is 0.471. The first-order valence-electron chi connectivity index (χ1n) is 7.34. The van der Waals surface area contributed by atoms with Gasteiger partial charge in [-0.05, 0) is 37.0 Å². The van der Waals surface area contributed by atoms with Gasteiger partial charge >= 0.3 is 0 Å². The van der Waals surface area contributed by atoms with E-state index in [0.29, 0.717) is 35.6 Å². The fourth-order valence-electron chi connectivity index (χ4n) is 2.41. The van der Waals surface area contributed by atoms with Crippen LogP contribution >= 0.6 is 0 Å². The van der Waals surface area contributed by atoms with Crippen LogP contribution < -0.4 is 10.1 Å². The Morgan fingerprint density at radius 2 is 2.14 bits per heavy atom. The highest BCUT2D eigenvalue weighted by Gasteiger charge is 2.22. The number of methoxy groups -OCH3 is 1. The van der Waals surface area contributed by atoms with Crippen LogP contribution in [0.2, 0.25) is 0 Å². The van der Waals surface area contributed by atoms with Crippen molar-refractivity contribution in [2.45, 2.75) is 27.2 Å². The zero-order valence-electron chi connectivity index (χ0n) is 13.5. The summed E-state index contributed by atoms with van der Waals surface area (Å²) in [7, 11) is 1.59. The van der Waals surface area contributed by atoms with E-state index in [0.717, 1.165) is 5.39 Å². The normalized spacial score (nSPS) is 11.7. The molecule has 5 heteroatoms. The first-order valence-corrected chi connectivity index (χ1v) is 7.34. The molecule has 0 fully saturated rings. The number of benzene rings is 1. The molecule has 0 spiro atoms. The summed E-state index contributed by atoms with van der Waals surface area (Å²) in [6, 6.07) is 5.41. The number of aliphatic hydroxyl groups is 1. The number of amides is 1. The minimum Gasteiger partial charge on any atom is -0.497 e. The molecule has 1 aromatic carbocycles. The summed E-state index contributed by atoms with van der Waals surface area (Å²) in [5.41, 5.74) is 1.04. The molecule has 0 aliphatic rings. The van der Waals surface area contributed by atoms with Gasteiger partial charge in [0.15, 0.2) is 0 Å². The Hall–Kier alpha value is -2.01. The molecule has 2 N–H and O–H groups in total. The van der Waals surface area contributed by atoms with Gasteiger partial charge in [-0.3, -0.25) is 4.79 Å². The number of aryl methyl sites for hydroxylation is 1. The maximum absolute atomic E-state index is 12.5. The number of carbonyl (C=O) groups excluding carboxylic acids is 1. The maximum Gasteiger partial charge on any atom is 0.255 e. The van der Waals surface area contributed by atoms with Crippen molar-refractivity contribution in [3.63, 3.8) is 0 Å². The molecule has 0 bridgehead atoms. The van der Waals surface area contributed by atoms with Gasteiger partial charge in [-0.1, -0.05) is 13.8 Å². The van der Waals surface area contributed by atoms with E-state index in [-0.39, 0.29) is 17.9 Å². The van der Waals surface area contributed by atoms with Crippen LogP contribution in [0.3, 0.4) is 0 Å². The molecule has 0 aliphatic heterocycles. The first kappa shape index (κ1) is 16.4. The lowest BCUT2D eigenvalue weighted by Crippen LogP contribution is -2.34. The Morgan fingerprint density at radius 1 is 1.41 bits per heavy atom. The molecule has 0 saturated heterocycles. The second kappa shape index (κ2) is 6.40. The fourth-order valence-corrected chi connectivity index (χ4v) is 2.41. The average molecular weight is 305 g/mol. The van der Waals surface area contributed by atoms with Crippen molar-refractivity contribution in [3.8, 4) is 5.75 Å². The molecule has 2 rings (SSSR count). The Kier molecular flexibility index (Phi) is 4.76. The lowest BCUT2D eigenvalue weighted by atomic mass is 9.89. The van der Waals surface area contributed by atoms with Gasteiger partial charge in [0.25, 0.3) is 5.91 Å². The van der Waals surface area contributed by atoms with Crippen LogP contribution in [-0.4, -0.2) is 31.3 Å². The third kappa shape index (κ3) is 3.42. The van der Waals surface area contributed by atoms with Crippen LogP contribution in [0.25, 0.3) is 11.0 Å². The van der Waals surface area contributed by atoms with Gasteiger partial charge < -0.3 is 19.6 Å². The van der Waals surface area contributed by atoms with Crippen LogP contribution in [0, 0.1) is 12.3 Å². The minimum absolute atomic E-state index is 0.105. The zero-order valence-corrected chi connectivity index (χ0v) is 13.5. The number of fused-ring (bicyclic) bond motifs is 1. The van der Waals surface area contributed by atoms with Gasteiger partial charge in [0.2, 0.25) is 0 Å². The van der Waals surface area contributed by atoms with Crippen molar-refractivity contribution in [3.05, 3.63) is 29.5 Å². The average Bonchev–Trinajstić information content (AvgIpc) is 2.79. The SMILES string of the molecule is COc1ccc2oc(C)c(C(=O)NCC(C)(C)CCO)c2c1. The summed E-state index contributed by atoms with van der Waals surface area (Å²) in [6.45, 7) is 6.39. The Labute approximate surface area is 130 Å². The molecule has 0 atom stereocenters. The number of rotatable bonds is 6. The maximum atomic E-state index is 12.5. The second-order valence-corrected chi connectivity index (χ2v) is 6.22. The van der Waals surface area contributed by atoms with E-state index in [1.54, 1.807) is 32.2 Å². The van der Waals surface area contributed by atoms with E-state index >= 15 is 0 Å². The van der Waals surface area contributed by atoms with E-state index in [2.05, 4.69) is 5.32 Å². The van der Waals surface area contributed by atoms with Crippen molar-refractivity contribution in [2.24, 2.45) is 5.41 Å². The molecule has 1 amide bonds. The number of aliphatic hydroxyl groups excluding tert-OH is 1. The number of nitrogens with one attached hydrogen (secondary N) is 1. The van der Waals surface area contributed by atoms with Crippen molar-refractivity contribution < 1.29 is 19.1 Å². The summed E-state index contributed by atoms with van der Waals surface area (Å²) in [6.07, 6.45) is 0.631. The van der Waals surface area contributed by atoms with E-state index < -0.39 is 0 Å². The predicted molar refractivity (Wildman–Crippen MR) is 85.3 cm³/mol. The third-order valence-electron chi connectivity index (χ3n) is 3.81. The number of furan rings is 1. The quantitative estimate of drug-likeness (QED) is 0.861. The van der Waals surface area contributed by atoms with Crippen LogP contribution in [0.1, 0.15) is 36.4 Å². The second-order valence-electron chi connectivity index (χ2n) is 6.22. The van der Waals surface area contributed by atoms with E-state index in [4.69, 9.17) is 14.3 Å². The van der Waals surface area contributed by atoms with E-state index in [1.807, 2.05) is 13.8 Å². The van der Waals surface area contributed by atoms with Gasteiger partial charge in [-0.2, -0.15) is 0 Å². The van der Waals surface area contributed by atoms with Crippen LogP contribution in [-0.2, 0) is 0 Å². The standard InChI is InChI=1S/C17H23NO4/c1-11-15(16(20)18-10-17(2,3)7-8-19)13-9-12(21-4)5-6-14(13)22-11/h5-6,9,19H,7-8,10H2,1-4H3,(H,18,20). The van der Waals surface area contributed by atoms with Crippen LogP contribution in [0.5, 0.6) is 5.75 Å². The molecule has 22 heavy (non-hydrogen) atoms. The Morgan fingerprint density at radius 3 is 2.77 bits per heavy atom. The zero-order chi connectivity index (χ0) is 16.3. The topological polar surface area (TPSA) is 71.7 Å². The molecule has 0 radical (unpaired) electrons. The first-order chi connectivity index (χ1) is 10.4. The molecule has 0 unspecified atom stereocenters. The van der Waals surface area contributed by atoms with Gasteiger partial charge in [0.1, 0.15) is 17.1 Å². The smallest absolute Gasteiger partial charge is 0.255 e. The van der Waals surface area contributed by atoms with Crippen LogP contribution in [0.4, 0.5) is 0 Å². The van der Waals surface area contributed by atoms with E-state index in [1.165, 1.54) is 0 Å². The molecule has 2 aromatic rings. The molecule has 5 nitrogen and oxygen atoms in total. The molecule has 0 saturated carbocycles. The molecule has 1 aromatic heterocycles. The Balaban J connectivity index is 2.26. The molecule has 120 valence electrons. The van der Waals surface area contributed by atoms with Crippen LogP contribution in [0.15, 0.2) is 22.6 Å². The van der Waals surface area contributed by atoms with Gasteiger partial charge in [-0.15, -0.1) is 0 Å². The highest BCUT2D eigenvalue weighted by molar-refractivity contribution is 6.07. The Bertz CT molecular complexity index is 673. The van der Waals surface area contributed by atoms with Gasteiger partial charge in [0.05, 0.1) is 12.7 Å². The number of carbonyl (C=O) groups is 1. The van der Waals surface area contributed by atoms with E-state index in [9.17, 15) is 4.79 Å². The summed E-state index contributed by atoms with van der Waals surface area (Å²) in [5, 5.41) is 12.7. The monoisotopic (exact) mass is 305 g/mol. The van der Waals surface area contributed by atoms with Crippen molar-refractivity contribution >= 4 is 16.9 Å². The predicted octanol–water partition coefficient (Wildman–Crippen LogP) is 2.89. The lowest BCUT2D eigenvalue weighted by molar-refractivity contribution is 0.0928. The van der Waals surface area contributed by atoms with Crippen molar-refractivity contribution in [2.75, 3.05) is 20.3 Å². The minimum atomic E-state index is -0.171. The number of ether oxygens (including phenoxy) is 1. The van der Waals surface area contributed by atoms with Gasteiger partial charge in [0, 0.05) is 18.5 Å². The lowest BCUT2D eigenvalue weighted by Gasteiger charge is -2.23. The molecular formula is C17H23NO4. The highest BCUT2D eigenvalue weighted by atomic mass is 16.5. The summed E-state index contributed by atoms with van der Waals surface area (Å²) < 4.78 is 10.9. The van der Waals surface area contributed by atoms with Gasteiger partial charge in [-0.25, -0.2) is 0 Å². The summed E-state index contributed by atoms with van der Waals surface area (Å²) >= 11 is 0.